The molecule has 1 saturated carbocycles. The number of hydrogen-bond acceptors (Lipinski definition) is 2. The van der Waals surface area contributed by atoms with E-state index in [0.29, 0.717) is 5.92 Å². The summed E-state index contributed by atoms with van der Waals surface area (Å²) < 4.78 is 1.07. The number of rotatable bonds is 2. The molecule has 0 unspecified atom stereocenters. The Balaban J connectivity index is 2.30. The monoisotopic (exact) mass is 276 g/mol. The van der Waals surface area contributed by atoms with Gasteiger partial charge in [-0.25, -0.2) is 0 Å². The van der Waals surface area contributed by atoms with Crippen molar-refractivity contribution in [1.82, 2.24) is 4.98 Å². The molecule has 1 aliphatic carbocycles. The number of nitrogens with zero attached hydrogens (tertiary/aromatic N) is 1. The van der Waals surface area contributed by atoms with Crippen LogP contribution in [0, 0.1) is 0 Å². The number of benzene rings is 1. The quantitative estimate of drug-likeness (QED) is 0.900. The SMILES string of the molecule is CNc1cc(C2CC2)nc2c(Br)cccc12. The molecular weight excluding hydrogens is 264 g/mol. The highest BCUT2D eigenvalue weighted by Gasteiger charge is 2.26. The van der Waals surface area contributed by atoms with Gasteiger partial charge in [-0.2, -0.15) is 0 Å². The van der Waals surface area contributed by atoms with Crippen molar-refractivity contribution in [2.75, 3.05) is 12.4 Å². The molecule has 0 spiro atoms. The van der Waals surface area contributed by atoms with Gasteiger partial charge in [-0.3, -0.25) is 4.98 Å². The molecule has 0 atom stereocenters. The minimum absolute atomic E-state index is 0.684. The third-order valence-electron chi connectivity index (χ3n) is 3.08. The molecule has 1 fully saturated rings. The van der Waals surface area contributed by atoms with Gasteiger partial charge in [0.05, 0.1) is 5.52 Å². The Morgan fingerprint density at radius 1 is 1.38 bits per heavy atom. The normalized spacial score (nSPS) is 15.4. The third-order valence-corrected chi connectivity index (χ3v) is 3.71. The number of pyridine rings is 1. The number of fused-ring (bicyclic) bond motifs is 1. The van der Waals surface area contributed by atoms with Crippen LogP contribution in [-0.4, -0.2) is 12.0 Å². The van der Waals surface area contributed by atoms with Gasteiger partial charge in [-0.05, 0) is 40.9 Å². The van der Waals surface area contributed by atoms with Gasteiger partial charge in [-0.15, -0.1) is 0 Å². The Hall–Kier alpha value is -1.09. The van der Waals surface area contributed by atoms with Crippen molar-refractivity contribution in [3.63, 3.8) is 0 Å². The van der Waals surface area contributed by atoms with Crippen molar-refractivity contribution >= 4 is 32.5 Å². The Morgan fingerprint density at radius 3 is 2.88 bits per heavy atom. The van der Waals surface area contributed by atoms with Crippen LogP contribution in [0.25, 0.3) is 10.9 Å². The van der Waals surface area contributed by atoms with Crippen LogP contribution in [0.4, 0.5) is 5.69 Å². The van der Waals surface area contributed by atoms with Crippen LogP contribution in [0.2, 0.25) is 0 Å². The van der Waals surface area contributed by atoms with Gasteiger partial charge in [-0.1, -0.05) is 12.1 Å². The smallest absolute Gasteiger partial charge is 0.0868 e. The van der Waals surface area contributed by atoms with Gasteiger partial charge in [0.15, 0.2) is 0 Å². The zero-order valence-electron chi connectivity index (χ0n) is 9.13. The Labute approximate surface area is 103 Å². The zero-order valence-corrected chi connectivity index (χ0v) is 10.7. The molecule has 0 aliphatic heterocycles. The van der Waals surface area contributed by atoms with Crippen molar-refractivity contribution in [2.24, 2.45) is 0 Å². The summed E-state index contributed by atoms with van der Waals surface area (Å²) in [6.07, 6.45) is 2.57. The maximum absolute atomic E-state index is 4.76. The first-order valence-corrected chi connectivity index (χ1v) is 6.36. The summed E-state index contributed by atoms with van der Waals surface area (Å²) in [5.41, 5.74) is 3.47. The van der Waals surface area contributed by atoms with E-state index in [1.807, 2.05) is 19.2 Å². The number of nitrogens with one attached hydrogen (secondary N) is 1. The lowest BCUT2D eigenvalue weighted by Gasteiger charge is -2.09. The highest BCUT2D eigenvalue weighted by molar-refractivity contribution is 9.10. The molecule has 0 radical (unpaired) electrons. The predicted molar refractivity (Wildman–Crippen MR) is 71.0 cm³/mol. The predicted octanol–water partition coefficient (Wildman–Crippen LogP) is 3.92. The third kappa shape index (κ3) is 1.59. The molecule has 3 rings (SSSR count). The van der Waals surface area contributed by atoms with Crippen LogP contribution < -0.4 is 5.32 Å². The first-order valence-electron chi connectivity index (χ1n) is 5.56. The topological polar surface area (TPSA) is 24.9 Å². The molecular formula is C13H13BrN2. The fourth-order valence-electron chi connectivity index (χ4n) is 2.03. The van der Waals surface area contributed by atoms with Crippen LogP contribution in [0.3, 0.4) is 0 Å². The van der Waals surface area contributed by atoms with Crippen molar-refractivity contribution < 1.29 is 0 Å². The van der Waals surface area contributed by atoms with E-state index in [1.165, 1.54) is 29.6 Å². The average molecular weight is 277 g/mol. The minimum Gasteiger partial charge on any atom is -0.388 e. The molecule has 3 heteroatoms. The summed E-state index contributed by atoms with van der Waals surface area (Å²) >= 11 is 3.57. The lowest BCUT2D eigenvalue weighted by atomic mass is 10.1. The van der Waals surface area contributed by atoms with E-state index in [9.17, 15) is 0 Å². The van der Waals surface area contributed by atoms with Gasteiger partial charge in [0.1, 0.15) is 0 Å². The van der Waals surface area contributed by atoms with Gasteiger partial charge >= 0.3 is 0 Å². The summed E-state index contributed by atoms with van der Waals surface area (Å²) in [4.78, 5) is 4.76. The van der Waals surface area contributed by atoms with Crippen LogP contribution in [0.1, 0.15) is 24.5 Å². The van der Waals surface area contributed by atoms with E-state index < -0.39 is 0 Å². The zero-order chi connectivity index (χ0) is 11.1. The van der Waals surface area contributed by atoms with E-state index in [2.05, 4.69) is 33.4 Å². The lowest BCUT2D eigenvalue weighted by molar-refractivity contribution is 1.04. The van der Waals surface area contributed by atoms with E-state index in [-0.39, 0.29) is 0 Å². The largest absolute Gasteiger partial charge is 0.388 e. The Bertz CT molecular complexity index is 547. The molecule has 2 nitrogen and oxygen atoms in total. The first-order chi connectivity index (χ1) is 7.79. The summed E-state index contributed by atoms with van der Waals surface area (Å²) in [6, 6.07) is 8.39. The summed E-state index contributed by atoms with van der Waals surface area (Å²) in [5.74, 6) is 0.684. The average Bonchev–Trinajstić information content (AvgIpc) is 3.12. The van der Waals surface area contributed by atoms with Crippen molar-refractivity contribution in [3.8, 4) is 0 Å². The highest BCUT2D eigenvalue weighted by Crippen LogP contribution is 2.41. The molecule has 1 aromatic heterocycles. The van der Waals surface area contributed by atoms with Crippen molar-refractivity contribution in [1.29, 1.82) is 0 Å². The second kappa shape index (κ2) is 3.74. The maximum Gasteiger partial charge on any atom is 0.0868 e. The van der Waals surface area contributed by atoms with Gasteiger partial charge in [0.2, 0.25) is 0 Å². The van der Waals surface area contributed by atoms with Gasteiger partial charge in [0, 0.05) is 34.2 Å². The molecule has 1 aromatic carbocycles. The summed E-state index contributed by atoms with van der Waals surface area (Å²) in [5, 5.41) is 4.44. The Morgan fingerprint density at radius 2 is 2.19 bits per heavy atom. The Kier molecular flexibility index (Phi) is 2.36. The van der Waals surface area contributed by atoms with Crippen molar-refractivity contribution in [2.45, 2.75) is 18.8 Å². The van der Waals surface area contributed by atoms with E-state index in [0.717, 1.165) is 9.99 Å². The van der Waals surface area contributed by atoms with Crippen LogP contribution >= 0.6 is 15.9 Å². The van der Waals surface area contributed by atoms with E-state index in [4.69, 9.17) is 4.98 Å². The fourth-order valence-corrected chi connectivity index (χ4v) is 2.48. The number of anilines is 1. The molecule has 16 heavy (non-hydrogen) atoms. The number of para-hydroxylation sites is 1. The molecule has 2 aromatic rings. The number of aromatic nitrogens is 1. The first kappa shape index (κ1) is 10.1. The molecule has 1 N–H and O–H groups in total. The molecule has 82 valence electrons. The summed E-state index contributed by atoms with van der Waals surface area (Å²) in [7, 11) is 1.96. The fraction of sp³-hybridized carbons (Fsp3) is 0.308. The van der Waals surface area contributed by atoms with Gasteiger partial charge in [0.25, 0.3) is 0 Å². The van der Waals surface area contributed by atoms with Gasteiger partial charge < -0.3 is 5.32 Å². The van der Waals surface area contributed by atoms with Crippen LogP contribution in [-0.2, 0) is 0 Å². The maximum atomic E-state index is 4.76. The van der Waals surface area contributed by atoms with Crippen LogP contribution in [0.15, 0.2) is 28.7 Å². The second-order valence-electron chi connectivity index (χ2n) is 4.25. The molecule has 0 bridgehead atoms. The second-order valence-corrected chi connectivity index (χ2v) is 5.11. The minimum atomic E-state index is 0.684. The number of halogens is 1. The molecule has 1 heterocycles. The molecule has 0 saturated heterocycles. The number of hydrogen-bond donors (Lipinski definition) is 1. The molecule has 0 amide bonds. The summed E-state index contributed by atoms with van der Waals surface area (Å²) in [6.45, 7) is 0. The van der Waals surface area contributed by atoms with Crippen molar-refractivity contribution in [3.05, 3.63) is 34.4 Å². The van der Waals surface area contributed by atoms with Crippen LogP contribution in [0.5, 0.6) is 0 Å². The lowest BCUT2D eigenvalue weighted by Crippen LogP contribution is -1.95. The standard InChI is InChI=1S/C13H13BrN2/c1-15-12-7-11(8-5-6-8)16-13-9(12)3-2-4-10(13)14/h2-4,7-8H,5-6H2,1H3,(H,15,16). The van der Waals surface area contributed by atoms with E-state index >= 15 is 0 Å². The molecule has 1 aliphatic rings. The van der Waals surface area contributed by atoms with E-state index in [1.54, 1.807) is 0 Å². The highest BCUT2D eigenvalue weighted by atomic mass is 79.9.